The van der Waals surface area contributed by atoms with Crippen LogP contribution >= 0.6 is 31.9 Å². The van der Waals surface area contributed by atoms with Crippen LogP contribution in [0.1, 0.15) is 17.4 Å². The molecule has 1 aromatic heterocycles. The zero-order valence-electron chi connectivity index (χ0n) is 8.49. The predicted octanol–water partition coefficient (Wildman–Crippen LogP) is 4.05. The minimum atomic E-state index is -0.0556. The normalized spacial score (nSPS) is 12.7. The van der Waals surface area contributed by atoms with Gasteiger partial charge in [-0.2, -0.15) is 0 Å². The molecule has 0 radical (unpaired) electrons. The van der Waals surface area contributed by atoms with Gasteiger partial charge in [-0.3, -0.25) is 0 Å². The molecule has 0 saturated carbocycles. The van der Waals surface area contributed by atoms with E-state index >= 15 is 0 Å². The number of nitrogens with two attached hydrogens (primary N) is 1. The largest absolute Gasteiger partial charge is 0.469 e. The van der Waals surface area contributed by atoms with Gasteiger partial charge < -0.3 is 10.2 Å². The third-order valence-electron chi connectivity index (χ3n) is 2.31. The van der Waals surface area contributed by atoms with Crippen molar-refractivity contribution in [1.82, 2.24) is 0 Å². The Bertz CT molecular complexity index is 448. The lowest BCUT2D eigenvalue weighted by Gasteiger charge is -2.11. The topological polar surface area (TPSA) is 39.2 Å². The van der Waals surface area contributed by atoms with Gasteiger partial charge in [0.25, 0.3) is 0 Å². The summed E-state index contributed by atoms with van der Waals surface area (Å²) in [5.41, 5.74) is 7.20. The molecule has 2 N–H and O–H groups in total. The number of hydrogen-bond donors (Lipinski definition) is 1. The van der Waals surface area contributed by atoms with Gasteiger partial charge in [-0.1, -0.05) is 31.9 Å². The monoisotopic (exact) mass is 343 g/mol. The van der Waals surface area contributed by atoms with Gasteiger partial charge in [-0.25, -0.2) is 0 Å². The minimum Gasteiger partial charge on any atom is -0.469 e. The van der Waals surface area contributed by atoms with E-state index in [1.165, 1.54) is 0 Å². The second-order valence-electron chi connectivity index (χ2n) is 3.59. The van der Waals surface area contributed by atoms with Gasteiger partial charge in [0.05, 0.1) is 6.26 Å². The summed E-state index contributed by atoms with van der Waals surface area (Å²) in [7, 11) is 0. The van der Waals surface area contributed by atoms with Crippen LogP contribution in [0.2, 0.25) is 0 Å². The van der Waals surface area contributed by atoms with E-state index in [-0.39, 0.29) is 6.04 Å². The van der Waals surface area contributed by atoms with Crippen LogP contribution in [0.25, 0.3) is 0 Å². The van der Waals surface area contributed by atoms with Crippen molar-refractivity contribution < 1.29 is 4.42 Å². The van der Waals surface area contributed by atoms with Crippen LogP contribution in [0.5, 0.6) is 0 Å². The molecule has 0 aliphatic heterocycles. The molecule has 0 bridgehead atoms. The average molecular weight is 345 g/mol. The molecule has 0 spiro atoms. The maximum absolute atomic E-state index is 6.12. The van der Waals surface area contributed by atoms with Crippen LogP contribution in [0.4, 0.5) is 0 Å². The van der Waals surface area contributed by atoms with E-state index in [0.717, 1.165) is 20.3 Å². The molecule has 0 saturated heterocycles. The van der Waals surface area contributed by atoms with E-state index in [9.17, 15) is 0 Å². The second-order valence-corrected chi connectivity index (χ2v) is 5.42. The van der Waals surface area contributed by atoms with Crippen molar-refractivity contribution >= 4 is 31.9 Å². The Morgan fingerprint density at radius 2 is 1.88 bits per heavy atom. The Hall–Kier alpha value is -0.580. The smallest absolute Gasteiger partial charge is 0.105 e. The van der Waals surface area contributed by atoms with Crippen molar-refractivity contribution in [3.63, 3.8) is 0 Å². The number of halogens is 2. The Balaban J connectivity index is 2.17. The van der Waals surface area contributed by atoms with E-state index in [1.807, 2.05) is 30.3 Å². The van der Waals surface area contributed by atoms with Crippen molar-refractivity contribution in [1.29, 1.82) is 0 Å². The van der Waals surface area contributed by atoms with Crippen LogP contribution in [-0.2, 0) is 6.42 Å². The molecular weight excluding hydrogens is 334 g/mol. The van der Waals surface area contributed by atoms with Crippen LogP contribution < -0.4 is 5.73 Å². The third-order valence-corrected chi connectivity index (χ3v) is 3.23. The summed E-state index contributed by atoms with van der Waals surface area (Å²) in [6.45, 7) is 0. The Labute approximate surface area is 111 Å². The van der Waals surface area contributed by atoms with E-state index < -0.39 is 0 Å². The van der Waals surface area contributed by atoms with Crippen molar-refractivity contribution in [2.45, 2.75) is 12.5 Å². The van der Waals surface area contributed by atoms with Gasteiger partial charge in [0.1, 0.15) is 5.76 Å². The molecule has 1 aromatic carbocycles. The molecule has 1 unspecified atom stereocenters. The van der Waals surface area contributed by atoms with E-state index in [2.05, 4.69) is 31.9 Å². The Morgan fingerprint density at radius 1 is 1.19 bits per heavy atom. The highest BCUT2D eigenvalue weighted by Gasteiger charge is 2.10. The standard InChI is InChI=1S/C12H11Br2NO/c13-9-4-8(5-10(14)6-9)12(15)7-11-2-1-3-16-11/h1-6,12H,7,15H2. The molecule has 0 aliphatic rings. The van der Waals surface area contributed by atoms with Crippen molar-refractivity contribution in [2.75, 3.05) is 0 Å². The molecule has 0 fully saturated rings. The minimum absolute atomic E-state index is 0.0556. The summed E-state index contributed by atoms with van der Waals surface area (Å²) >= 11 is 6.90. The first-order chi connectivity index (χ1) is 7.65. The lowest BCUT2D eigenvalue weighted by atomic mass is 10.0. The van der Waals surface area contributed by atoms with Crippen LogP contribution in [0.15, 0.2) is 50.0 Å². The molecule has 2 rings (SSSR count). The second kappa shape index (κ2) is 5.17. The summed E-state index contributed by atoms with van der Waals surface area (Å²) in [4.78, 5) is 0. The van der Waals surface area contributed by atoms with Gasteiger partial charge >= 0.3 is 0 Å². The number of rotatable bonds is 3. The summed E-state index contributed by atoms with van der Waals surface area (Å²) in [5.74, 6) is 0.906. The molecule has 0 aliphatic carbocycles. The van der Waals surface area contributed by atoms with E-state index in [0.29, 0.717) is 6.42 Å². The number of furan rings is 1. The fourth-order valence-corrected chi connectivity index (χ4v) is 2.88. The number of hydrogen-bond acceptors (Lipinski definition) is 2. The van der Waals surface area contributed by atoms with Crippen molar-refractivity contribution in [3.8, 4) is 0 Å². The zero-order chi connectivity index (χ0) is 11.5. The summed E-state index contributed by atoms with van der Waals surface area (Å²) in [5, 5.41) is 0. The molecule has 16 heavy (non-hydrogen) atoms. The fourth-order valence-electron chi connectivity index (χ4n) is 1.55. The predicted molar refractivity (Wildman–Crippen MR) is 71.2 cm³/mol. The van der Waals surface area contributed by atoms with Gasteiger partial charge in [-0.15, -0.1) is 0 Å². The maximum atomic E-state index is 6.12. The summed E-state index contributed by atoms with van der Waals surface area (Å²) < 4.78 is 7.32. The van der Waals surface area contributed by atoms with Crippen LogP contribution in [0.3, 0.4) is 0 Å². The zero-order valence-corrected chi connectivity index (χ0v) is 11.7. The van der Waals surface area contributed by atoms with Gasteiger partial charge in [0.2, 0.25) is 0 Å². The van der Waals surface area contributed by atoms with Gasteiger partial charge in [0.15, 0.2) is 0 Å². The Kier molecular flexibility index (Phi) is 3.84. The van der Waals surface area contributed by atoms with E-state index in [1.54, 1.807) is 6.26 Å². The van der Waals surface area contributed by atoms with Crippen LogP contribution in [0, 0.1) is 0 Å². The first-order valence-corrected chi connectivity index (χ1v) is 6.47. The van der Waals surface area contributed by atoms with Gasteiger partial charge in [0, 0.05) is 21.4 Å². The maximum Gasteiger partial charge on any atom is 0.105 e. The van der Waals surface area contributed by atoms with E-state index in [4.69, 9.17) is 10.2 Å². The average Bonchev–Trinajstić information content (AvgIpc) is 2.68. The molecule has 1 heterocycles. The third kappa shape index (κ3) is 2.97. The molecule has 2 aromatic rings. The first kappa shape index (κ1) is 11.9. The lowest BCUT2D eigenvalue weighted by molar-refractivity contribution is 0.488. The molecule has 0 amide bonds. The molecule has 84 valence electrons. The van der Waals surface area contributed by atoms with Crippen LogP contribution in [-0.4, -0.2) is 0 Å². The van der Waals surface area contributed by atoms with Crippen molar-refractivity contribution in [3.05, 3.63) is 56.9 Å². The first-order valence-electron chi connectivity index (χ1n) is 4.89. The molecule has 2 nitrogen and oxygen atoms in total. The summed E-state index contributed by atoms with van der Waals surface area (Å²) in [6.07, 6.45) is 2.37. The quantitative estimate of drug-likeness (QED) is 0.912. The molecule has 4 heteroatoms. The van der Waals surface area contributed by atoms with Crippen molar-refractivity contribution in [2.24, 2.45) is 5.73 Å². The highest BCUT2D eigenvalue weighted by molar-refractivity contribution is 9.11. The highest BCUT2D eigenvalue weighted by Crippen LogP contribution is 2.25. The fraction of sp³-hybridized carbons (Fsp3) is 0.167. The molecular formula is C12H11Br2NO. The SMILES string of the molecule is NC(Cc1ccco1)c1cc(Br)cc(Br)c1. The Morgan fingerprint density at radius 3 is 2.44 bits per heavy atom. The lowest BCUT2D eigenvalue weighted by Crippen LogP contribution is -2.13. The molecule has 1 atom stereocenters. The highest BCUT2D eigenvalue weighted by atomic mass is 79.9. The summed E-state index contributed by atoms with van der Waals surface area (Å²) in [6, 6.07) is 9.80. The van der Waals surface area contributed by atoms with Gasteiger partial charge in [-0.05, 0) is 35.9 Å². The number of benzene rings is 1.